The molecule has 2 aliphatic heterocycles. The van der Waals surface area contributed by atoms with Gasteiger partial charge in [0.1, 0.15) is 18.8 Å². The van der Waals surface area contributed by atoms with Crippen molar-refractivity contribution in [3.63, 3.8) is 0 Å². The zero-order valence-corrected chi connectivity index (χ0v) is 17.0. The fraction of sp³-hybridized carbons (Fsp3) is 0.706. The summed E-state index contributed by atoms with van der Waals surface area (Å²) in [6.07, 6.45) is -0.149. The summed E-state index contributed by atoms with van der Waals surface area (Å²) >= 11 is 0. The molecular weight excluding hydrogens is 356 g/mol. The Bertz CT molecular complexity index is 751. The first-order valence-corrected chi connectivity index (χ1v) is 12.1. The van der Waals surface area contributed by atoms with E-state index in [4.69, 9.17) is 18.6 Å². The van der Waals surface area contributed by atoms with Gasteiger partial charge in [-0.25, -0.2) is 0 Å². The molecule has 0 saturated carbocycles. The second-order valence-electron chi connectivity index (χ2n) is 8.65. The summed E-state index contributed by atoms with van der Waals surface area (Å²) in [4.78, 5) is 27.4. The maximum atomic E-state index is 12.1. The molecule has 1 aromatic heterocycles. The number of ether oxygens (including phenoxy) is 3. The molecule has 1 fully saturated rings. The van der Waals surface area contributed by atoms with Crippen molar-refractivity contribution < 1.29 is 23.4 Å². The van der Waals surface area contributed by atoms with Crippen molar-refractivity contribution >= 4 is 14.3 Å². The number of esters is 1. The van der Waals surface area contributed by atoms with E-state index in [0.717, 1.165) is 0 Å². The molecule has 1 aromatic rings. The summed E-state index contributed by atoms with van der Waals surface area (Å²) in [6.45, 7) is 11.7. The topological polar surface area (TPSA) is 88.9 Å². The first-order valence-electron chi connectivity index (χ1n) is 8.72. The first kappa shape index (κ1) is 19.1. The van der Waals surface area contributed by atoms with E-state index in [2.05, 4.69) is 24.6 Å². The van der Waals surface area contributed by atoms with Gasteiger partial charge in [0, 0.05) is 12.3 Å². The van der Waals surface area contributed by atoms with Crippen LogP contribution in [0, 0.1) is 5.41 Å². The maximum absolute atomic E-state index is 12.1. The van der Waals surface area contributed by atoms with E-state index in [1.165, 1.54) is 6.07 Å². The predicted molar refractivity (Wildman–Crippen MR) is 95.5 cm³/mol. The molecule has 0 amide bonds. The van der Waals surface area contributed by atoms with Crippen molar-refractivity contribution in [2.24, 2.45) is 5.41 Å². The molecule has 26 heavy (non-hydrogen) atoms. The highest BCUT2D eigenvalue weighted by Crippen LogP contribution is 2.41. The lowest BCUT2D eigenvalue weighted by Gasteiger charge is -2.29. The van der Waals surface area contributed by atoms with Gasteiger partial charge < -0.3 is 18.6 Å². The van der Waals surface area contributed by atoms with E-state index < -0.39 is 38.3 Å². The van der Waals surface area contributed by atoms with E-state index >= 15 is 0 Å². The maximum Gasteiger partial charge on any atom is 0.311 e. The highest BCUT2D eigenvalue weighted by Gasteiger charge is 2.54. The molecule has 0 aromatic carbocycles. The van der Waals surface area contributed by atoms with Crippen molar-refractivity contribution in [1.82, 2.24) is 9.55 Å². The van der Waals surface area contributed by atoms with Crippen LogP contribution in [0.3, 0.4) is 0 Å². The fourth-order valence-electron chi connectivity index (χ4n) is 2.92. The summed E-state index contributed by atoms with van der Waals surface area (Å²) in [5.41, 5.74) is -0.954. The predicted octanol–water partition coefficient (Wildman–Crippen LogP) is 1.71. The van der Waals surface area contributed by atoms with E-state index in [1.807, 2.05) is 0 Å². The Morgan fingerprint density at radius 2 is 2.04 bits per heavy atom. The molecule has 0 spiro atoms. The highest BCUT2D eigenvalue weighted by atomic mass is 28.4. The van der Waals surface area contributed by atoms with Crippen LogP contribution in [0.25, 0.3) is 0 Å². The van der Waals surface area contributed by atoms with Crippen LogP contribution in [0.4, 0.5) is 0 Å². The molecule has 4 atom stereocenters. The molecule has 0 N–H and O–H groups in total. The zero-order valence-electron chi connectivity index (χ0n) is 16.0. The second kappa shape index (κ2) is 6.47. The standard InChI is InChI=1S/C17H26N2O6Si/c1-17(2,3)15(21)22-9-10-12(25-26(4,5)6)13-14(23-10)19-8-7-11(20)18-16(19)24-13/h7-8,10,12-14H,9H2,1-6H3. The molecule has 3 heterocycles. The number of fused-ring (bicyclic) bond motifs is 3. The molecule has 3 rings (SSSR count). The third-order valence-electron chi connectivity index (χ3n) is 4.09. The van der Waals surface area contributed by atoms with E-state index in [1.54, 1.807) is 31.5 Å². The lowest BCUT2D eigenvalue weighted by atomic mass is 9.97. The zero-order chi connectivity index (χ0) is 19.3. The minimum absolute atomic E-state index is 0.0879. The molecule has 4 unspecified atom stereocenters. The number of carbonyl (C=O) groups is 1. The molecular formula is C17H26N2O6Si. The Morgan fingerprint density at radius 1 is 1.35 bits per heavy atom. The van der Waals surface area contributed by atoms with E-state index in [0.29, 0.717) is 0 Å². The Labute approximate surface area is 153 Å². The van der Waals surface area contributed by atoms with Crippen LogP contribution >= 0.6 is 0 Å². The average molecular weight is 382 g/mol. The first-order chi connectivity index (χ1) is 12.0. The average Bonchev–Trinajstić information content (AvgIpc) is 2.99. The molecule has 2 aliphatic rings. The summed E-state index contributed by atoms with van der Waals surface area (Å²) in [6, 6.07) is 1.58. The lowest BCUT2D eigenvalue weighted by Crippen LogP contribution is -2.45. The Balaban J connectivity index is 1.80. The lowest BCUT2D eigenvalue weighted by molar-refractivity contribution is -0.159. The summed E-state index contributed by atoms with van der Waals surface area (Å²) in [5.74, 6) is -0.295. The van der Waals surface area contributed by atoms with E-state index in [-0.39, 0.29) is 24.1 Å². The van der Waals surface area contributed by atoms with Crippen LogP contribution in [-0.4, -0.2) is 48.8 Å². The van der Waals surface area contributed by atoms with Gasteiger partial charge in [0.25, 0.3) is 5.56 Å². The number of hydrogen-bond donors (Lipinski definition) is 0. The van der Waals surface area contributed by atoms with Crippen molar-refractivity contribution in [2.75, 3.05) is 6.61 Å². The Morgan fingerprint density at radius 3 is 2.65 bits per heavy atom. The smallest absolute Gasteiger partial charge is 0.311 e. The van der Waals surface area contributed by atoms with Gasteiger partial charge in [-0.2, -0.15) is 4.98 Å². The van der Waals surface area contributed by atoms with Crippen molar-refractivity contribution in [3.8, 4) is 6.01 Å². The third-order valence-corrected chi connectivity index (χ3v) is 5.07. The largest absolute Gasteiger partial charge is 0.462 e. The van der Waals surface area contributed by atoms with E-state index in [9.17, 15) is 9.59 Å². The highest BCUT2D eigenvalue weighted by molar-refractivity contribution is 6.69. The Hall–Kier alpha value is -1.71. The monoisotopic (exact) mass is 382 g/mol. The van der Waals surface area contributed by atoms with Crippen LogP contribution in [0.15, 0.2) is 17.1 Å². The van der Waals surface area contributed by atoms with Gasteiger partial charge in [0.05, 0.1) is 5.41 Å². The van der Waals surface area contributed by atoms with Crippen LogP contribution in [-0.2, 0) is 18.7 Å². The molecule has 9 heteroatoms. The molecule has 1 saturated heterocycles. The minimum atomic E-state index is -1.92. The third kappa shape index (κ3) is 3.84. The minimum Gasteiger partial charge on any atom is -0.462 e. The molecule has 0 aliphatic carbocycles. The van der Waals surface area contributed by atoms with Gasteiger partial charge in [-0.05, 0) is 40.4 Å². The molecule has 0 bridgehead atoms. The van der Waals surface area contributed by atoms with Crippen molar-refractivity contribution in [1.29, 1.82) is 0 Å². The summed E-state index contributed by atoms with van der Waals surface area (Å²) in [7, 11) is -1.92. The van der Waals surface area contributed by atoms with Gasteiger partial charge in [-0.15, -0.1) is 0 Å². The fourth-order valence-corrected chi connectivity index (χ4v) is 4.02. The molecule has 8 nitrogen and oxygen atoms in total. The normalized spacial score (nSPS) is 27.6. The van der Waals surface area contributed by atoms with Crippen LogP contribution in [0.5, 0.6) is 6.01 Å². The van der Waals surface area contributed by atoms with Gasteiger partial charge in [-0.1, -0.05) is 0 Å². The summed E-state index contributed by atoms with van der Waals surface area (Å²) in [5, 5.41) is 0. The van der Waals surface area contributed by atoms with Gasteiger partial charge >= 0.3 is 12.0 Å². The number of hydrogen-bond acceptors (Lipinski definition) is 7. The molecule has 144 valence electrons. The number of nitrogens with zero attached hydrogens (tertiary/aromatic N) is 2. The van der Waals surface area contributed by atoms with Crippen LogP contribution in [0.2, 0.25) is 19.6 Å². The van der Waals surface area contributed by atoms with Gasteiger partial charge in [-0.3, -0.25) is 14.2 Å². The second-order valence-corrected chi connectivity index (χ2v) is 13.1. The van der Waals surface area contributed by atoms with Crippen molar-refractivity contribution in [3.05, 3.63) is 22.6 Å². The SMILES string of the molecule is CC(C)(C)C(=O)OCC1OC2C(Oc3nc(=O)ccn32)C1O[Si](C)(C)C. The Kier molecular flexibility index (Phi) is 4.74. The number of rotatable bonds is 4. The summed E-state index contributed by atoms with van der Waals surface area (Å²) < 4.78 is 25.4. The quantitative estimate of drug-likeness (QED) is 0.578. The number of aromatic nitrogens is 2. The van der Waals surface area contributed by atoms with Crippen LogP contribution < -0.4 is 10.3 Å². The van der Waals surface area contributed by atoms with Gasteiger partial charge in [0.2, 0.25) is 0 Å². The van der Waals surface area contributed by atoms with Crippen LogP contribution in [0.1, 0.15) is 27.0 Å². The number of carbonyl (C=O) groups excluding carboxylic acids is 1. The van der Waals surface area contributed by atoms with Gasteiger partial charge in [0.15, 0.2) is 20.6 Å². The van der Waals surface area contributed by atoms with Crippen molar-refractivity contribution in [2.45, 2.75) is 65.0 Å². The molecule has 0 radical (unpaired) electrons.